The molecule has 2 heterocycles. The van der Waals surface area contributed by atoms with E-state index in [-0.39, 0.29) is 11.8 Å². The quantitative estimate of drug-likeness (QED) is 0.465. The smallest absolute Gasteiger partial charge is 0.270 e. The van der Waals surface area contributed by atoms with Gasteiger partial charge in [-0.15, -0.1) is 0 Å². The molecule has 2 rings (SSSR count). The monoisotopic (exact) mass is 415 g/mol. The number of aromatic nitrogens is 2. The van der Waals surface area contributed by atoms with Gasteiger partial charge in [-0.05, 0) is 64.4 Å². The van der Waals surface area contributed by atoms with Crippen LogP contribution in [0, 0.1) is 6.92 Å². The van der Waals surface area contributed by atoms with Crippen molar-refractivity contribution in [3.63, 3.8) is 0 Å². The summed E-state index contributed by atoms with van der Waals surface area (Å²) in [5, 5.41) is 5.98. The van der Waals surface area contributed by atoms with Crippen LogP contribution in [0.2, 0.25) is 0 Å². The molecule has 0 saturated carbocycles. The van der Waals surface area contributed by atoms with E-state index in [0.717, 1.165) is 69.6 Å². The maximum Gasteiger partial charge on any atom is 0.270 e. The zero-order chi connectivity index (χ0) is 21.8. The molecule has 0 aliphatic carbocycles. The first-order valence-electron chi connectivity index (χ1n) is 11.3. The van der Waals surface area contributed by atoms with Crippen molar-refractivity contribution in [2.24, 2.45) is 0 Å². The number of carbonyl (C=O) groups excluding carboxylic acids is 2. The van der Waals surface area contributed by atoms with Gasteiger partial charge in [0.05, 0.1) is 5.69 Å². The summed E-state index contributed by atoms with van der Waals surface area (Å²) in [7, 11) is 0. The van der Waals surface area contributed by atoms with Crippen molar-refractivity contribution in [3.05, 3.63) is 35.8 Å². The number of carbonyl (C=O) groups is 2. The summed E-state index contributed by atoms with van der Waals surface area (Å²) in [6, 6.07) is 5.69. The lowest BCUT2D eigenvalue weighted by Gasteiger charge is -2.17. The lowest BCUT2D eigenvalue weighted by atomic mass is 10.2. The van der Waals surface area contributed by atoms with E-state index in [4.69, 9.17) is 0 Å². The fourth-order valence-corrected chi connectivity index (χ4v) is 3.58. The first-order chi connectivity index (χ1) is 14.6. The van der Waals surface area contributed by atoms with Gasteiger partial charge in [0.15, 0.2) is 0 Å². The van der Waals surface area contributed by atoms with E-state index in [0.29, 0.717) is 18.7 Å². The Balaban J connectivity index is 1.54. The number of aryl methyl sites for hydroxylation is 1. The molecule has 0 unspecified atom stereocenters. The largest absolute Gasteiger partial charge is 0.356 e. The third-order valence-electron chi connectivity index (χ3n) is 5.40. The Hall–Kier alpha value is -2.41. The molecule has 0 aromatic carbocycles. The van der Waals surface area contributed by atoms with Gasteiger partial charge in [-0.3, -0.25) is 14.0 Å². The average molecular weight is 416 g/mol. The third-order valence-corrected chi connectivity index (χ3v) is 5.40. The van der Waals surface area contributed by atoms with Crippen molar-refractivity contribution >= 4 is 17.5 Å². The molecular formula is C23H37N5O2. The molecular weight excluding hydrogens is 378 g/mol. The van der Waals surface area contributed by atoms with Crippen LogP contribution in [0.1, 0.15) is 68.6 Å². The first kappa shape index (κ1) is 23.9. The van der Waals surface area contributed by atoms with Crippen molar-refractivity contribution in [2.45, 2.75) is 59.3 Å². The number of hydrogen-bond donors (Lipinski definition) is 2. The van der Waals surface area contributed by atoms with Crippen LogP contribution in [-0.4, -0.2) is 58.8 Å². The van der Waals surface area contributed by atoms with Gasteiger partial charge in [0.2, 0.25) is 5.91 Å². The van der Waals surface area contributed by atoms with Crippen LogP contribution in [0.3, 0.4) is 0 Å². The van der Waals surface area contributed by atoms with Crippen molar-refractivity contribution in [1.82, 2.24) is 24.9 Å². The molecule has 0 radical (unpaired) electrons. The summed E-state index contributed by atoms with van der Waals surface area (Å²) >= 11 is 0. The molecule has 0 spiro atoms. The molecule has 0 atom stereocenters. The summed E-state index contributed by atoms with van der Waals surface area (Å²) in [6.07, 6.45) is 7.17. The van der Waals surface area contributed by atoms with Crippen molar-refractivity contribution in [1.29, 1.82) is 0 Å². The molecule has 30 heavy (non-hydrogen) atoms. The molecule has 2 amide bonds. The van der Waals surface area contributed by atoms with Crippen molar-refractivity contribution < 1.29 is 9.59 Å². The van der Waals surface area contributed by atoms with Crippen molar-refractivity contribution in [3.8, 4) is 0 Å². The molecule has 0 saturated heterocycles. The molecule has 7 heteroatoms. The van der Waals surface area contributed by atoms with E-state index < -0.39 is 0 Å². The number of unbranched alkanes of at least 4 members (excludes halogenated alkanes) is 3. The van der Waals surface area contributed by atoms with E-state index in [1.54, 1.807) is 0 Å². The second kappa shape index (κ2) is 13.0. The highest BCUT2D eigenvalue weighted by Gasteiger charge is 2.15. The van der Waals surface area contributed by atoms with Crippen LogP contribution in [-0.2, 0) is 4.79 Å². The van der Waals surface area contributed by atoms with Crippen LogP contribution >= 0.6 is 0 Å². The van der Waals surface area contributed by atoms with E-state index in [1.165, 1.54) is 0 Å². The van der Waals surface area contributed by atoms with E-state index >= 15 is 0 Å². The summed E-state index contributed by atoms with van der Waals surface area (Å²) in [6.45, 7) is 10.8. The van der Waals surface area contributed by atoms with Gasteiger partial charge in [-0.1, -0.05) is 26.3 Å². The van der Waals surface area contributed by atoms with E-state index in [9.17, 15) is 9.59 Å². The Morgan fingerprint density at radius 3 is 2.50 bits per heavy atom. The standard InChI is InChI=1S/C23H37N5O2/c1-4-27(5-2)17-12-10-15-24-21(29)14-7-6-9-16-25-23(30)22-19(3)26-20-13-8-11-18-28(20)22/h8,11,13,18H,4-7,9-10,12,14-17H2,1-3H3,(H,24,29)(H,25,30). The van der Waals surface area contributed by atoms with Gasteiger partial charge in [-0.25, -0.2) is 4.98 Å². The molecule has 0 aliphatic rings. The molecule has 0 bridgehead atoms. The highest BCUT2D eigenvalue weighted by atomic mass is 16.2. The van der Waals surface area contributed by atoms with Crippen LogP contribution < -0.4 is 10.6 Å². The average Bonchev–Trinajstić information content (AvgIpc) is 3.08. The van der Waals surface area contributed by atoms with Gasteiger partial charge in [-0.2, -0.15) is 0 Å². The summed E-state index contributed by atoms with van der Waals surface area (Å²) < 4.78 is 1.82. The fourth-order valence-electron chi connectivity index (χ4n) is 3.58. The Labute approximate surface area is 180 Å². The number of amides is 2. The van der Waals surface area contributed by atoms with E-state index in [1.807, 2.05) is 35.7 Å². The molecule has 166 valence electrons. The van der Waals surface area contributed by atoms with Crippen LogP contribution in [0.5, 0.6) is 0 Å². The zero-order valence-corrected chi connectivity index (χ0v) is 18.7. The zero-order valence-electron chi connectivity index (χ0n) is 18.7. The molecule has 2 aromatic heterocycles. The Morgan fingerprint density at radius 2 is 1.73 bits per heavy atom. The Bertz CT molecular complexity index is 798. The van der Waals surface area contributed by atoms with Gasteiger partial charge in [0, 0.05) is 25.7 Å². The molecule has 0 fully saturated rings. The van der Waals surface area contributed by atoms with Gasteiger partial charge < -0.3 is 15.5 Å². The number of pyridine rings is 1. The number of rotatable bonds is 14. The van der Waals surface area contributed by atoms with Gasteiger partial charge >= 0.3 is 0 Å². The van der Waals surface area contributed by atoms with Crippen LogP contribution in [0.15, 0.2) is 24.4 Å². The third kappa shape index (κ3) is 7.44. The highest BCUT2D eigenvalue weighted by molar-refractivity contribution is 5.94. The normalized spacial score (nSPS) is 11.2. The SMILES string of the molecule is CCN(CC)CCCCNC(=O)CCCCCNC(=O)c1c(C)nc2ccccn12. The Morgan fingerprint density at radius 1 is 1.00 bits per heavy atom. The van der Waals surface area contributed by atoms with Crippen molar-refractivity contribution in [2.75, 3.05) is 32.7 Å². The summed E-state index contributed by atoms with van der Waals surface area (Å²) in [4.78, 5) is 31.2. The van der Waals surface area contributed by atoms with E-state index in [2.05, 4.69) is 34.4 Å². The van der Waals surface area contributed by atoms with Crippen LogP contribution in [0.4, 0.5) is 0 Å². The molecule has 0 aliphatic heterocycles. The Kier molecular flexibility index (Phi) is 10.3. The minimum atomic E-state index is -0.103. The highest BCUT2D eigenvalue weighted by Crippen LogP contribution is 2.11. The second-order valence-electron chi connectivity index (χ2n) is 7.63. The topological polar surface area (TPSA) is 78.7 Å². The minimum Gasteiger partial charge on any atom is -0.356 e. The number of fused-ring (bicyclic) bond motifs is 1. The maximum atomic E-state index is 12.5. The van der Waals surface area contributed by atoms with Gasteiger partial charge in [0.1, 0.15) is 11.3 Å². The lowest BCUT2D eigenvalue weighted by Crippen LogP contribution is -2.27. The van der Waals surface area contributed by atoms with Crippen LogP contribution in [0.25, 0.3) is 5.65 Å². The number of nitrogens with zero attached hydrogens (tertiary/aromatic N) is 3. The number of imidazole rings is 1. The first-order valence-corrected chi connectivity index (χ1v) is 11.3. The summed E-state index contributed by atoms with van der Waals surface area (Å²) in [5.41, 5.74) is 2.10. The maximum absolute atomic E-state index is 12.5. The second-order valence-corrected chi connectivity index (χ2v) is 7.63. The predicted molar refractivity (Wildman–Crippen MR) is 121 cm³/mol. The van der Waals surface area contributed by atoms with Gasteiger partial charge in [0.25, 0.3) is 5.91 Å². The summed E-state index contributed by atoms with van der Waals surface area (Å²) in [5.74, 6) is 0.0249. The predicted octanol–water partition coefficient (Wildman–Crippen LogP) is 3.17. The number of hydrogen-bond acceptors (Lipinski definition) is 4. The molecule has 2 N–H and O–H groups in total. The number of nitrogens with one attached hydrogen (secondary N) is 2. The molecule has 7 nitrogen and oxygen atoms in total. The minimum absolute atomic E-state index is 0.103. The molecule has 2 aromatic rings. The lowest BCUT2D eigenvalue weighted by molar-refractivity contribution is -0.121. The fraction of sp³-hybridized carbons (Fsp3) is 0.609.